The zero-order valence-electron chi connectivity index (χ0n) is 13.5. The molecule has 5 nitrogen and oxygen atoms in total. The van der Waals surface area contributed by atoms with Crippen LogP contribution in [-0.2, 0) is 0 Å². The molecule has 1 unspecified atom stereocenters. The first-order chi connectivity index (χ1) is 12.8. The van der Waals surface area contributed by atoms with Gasteiger partial charge in [-0.25, -0.2) is 13.6 Å². The second-order valence-electron chi connectivity index (χ2n) is 5.98. The Kier molecular flexibility index (Phi) is 4.12. The molecule has 1 atom stereocenters. The number of nitrogens with zero attached hydrogens (tertiary/aromatic N) is 1. The lowest BCUT2D eigenvalue weighted by Gasteiger charge is -2.34. The molecule has 1 aliphatic rings. The first-order valence-electron chi connectivity index (χ1n) is 7.77. The number of carbonyl (C=O) groups is 1. The number of halogens is 3. The summed E-state index contributed by atoms with van der Waals surface area (Å²) in [6, 6.07) is 7.26. The molecule has 2 heterocycles. The van der Waals surface area contributed by atoms with E-state index >= 15 is 0 Å². The fraction of sp³-hybridized carbons (Fsp3) is 0.111. The maximum absolute atomic E-state index is 14.8. The number of alkyl halides is 1. The van der Waals surface area contributed by atoms with Gasteiger partial charge in [0.25, 0.3) is 0 Å². The van der Waals surface area contributed by atoms with Crippen LogP contribution in [0.2, 0.25) is 5.02 Å². The molecular formula is C18H11ClF2N2O3S. The third-order valence-corrected chi connectivity index (χ3v) is 6.02. The molecule has 3 N–H and O–H groups in total. The highest BCUT2D eigenvalue weighted by molar-refractivity contribution is 8.00. The Morgan fingerprint density at radius 1 is 1.33 bits per heavy atom. The molecule has 0 fully saturated rings. The van der Waals surface area contributed by atoms with Crippen molar-refractivity contribution in [3.63, 3.8) is 0 Å². The molecule has 4 rings (SSSR count). The van der Waals surface area contributed by atoms with E-state index in [9.17, 15) is 23.5 Å². The van der Waals surface area contributed by atoms with Crippen molar-refractivity contribution < 1.29 is 18.7 Å². The van der Waals surface area contributed by atoms with Crippen molar-refractivity contribution in [2.45, 2.75) is 10.4 Å². The van der Waals surface area contributed by atoms with E-state index in [4.69, 9.17) is 17.3 Å². The number of carboxylic acid groups (broad SMARTS) is 1. The number of benzene rings is 2. The Balaban J connectivity index is 2.13. The van der Waals surface area contributed by atoms with Crippen LogP contribution in [-0.4, -0.2) is 22.3 Å². The predicted octanol–water partition coefficient (Wildman–Crippen LogP) is 4.32. The van der Waals surface area contributed by atoms with E-state index in [1.54, 1.807) is 24.3 Å². The van der Waals surface area contributed by atoms with Crippen LogP contribution in [0, 0.1) is 5.82 Å². The molecule has 0 aliphatic carbocycles. The lowest BCUT2D eigenvalue weighted by Crippen LogP contribution is -2.30. The zero-order chi connectivity index (χ0) is 19.5. The minimum Gasteiger partial charge on any atom is -0.477 e. The molecule has 2 aromatic carbocycles. The third kappa shape index (κ3) is 2.51. The van der Waals surface area contributed by atoms with Gasteiger partial charge in [0.15, 0.2) is 0 Å². The summed E-state index contributed by atoms with van der Waals surface area (Å²) in [5.41, 5.74) is 5.37. The summed E-state index contributed by atoms with van der Waals surface area (Å²) in [6.45, 7) is -0.792. The average molecular weight is 409 g/mol. The monoisotopic (exact) mass is 408 g/mol. The largest absolute Gasteiger partial charge is 0.477 e. The van der Waals surface area contributed by atoms with E-state index < -0.39 is 34.8 Å². The quantitative estimate of drug-likeness (QED) is 0.630. The van der Waals surface area contributed by atoms with Crippen molar-refractivity contribution in [3.8, 4) is 11.1 Å². The first kappa shape index (κ1) is 17.8. The second-order valence-corrected chi connectivity index (χ2v) is 7.52. The molecule has 0 amide bonds. The van der Waals surface area contributed by atoms with Gasteiger partial charge in [0.05, 0.1) is 21.0 Å². The minimum absolute atomic E-state index is 0.0378. The van der Waals surface area contributed by atoms with Gasteiger partial charge in [0.2, 0.25) is 5.43 Å². The van der Waals surface area contributed by atoms with Gasteiger partial charge in [-0.1, -0.05) is 35.5 Å². The number of hydrogen-bond donors (Lipinski definition) is 2. The molecule has 9 heteroatoms. The van der Waals surface area contributed by atoms with Crippen LogP contribution >= 0.6 is 23.4 Å². The number of aromatic nitrogens is 1. The highest BCUT2D eigenvalue weighted by atomic mass is 35.5. The van der Waals surface area contributed by atoms with Crippen molar-refractivity contribution in [1.29, 1.82) is 0 Å². The van der Waals surface area contributed by atoms with Crippen molar-refractivity contribution in [2.75, 3.05) is 12.4 Å². The van der Waals surface area contributed by atoms with Gasteiger partial charge < -0.3 is 15.4 Å². The van der Waals surface area contributed by atoms with Crippen LogP contribution in [0.15, 0.2) is 40.2 Å². The van der Waals surface area contributed by atoms with E-state index in [0.717, 1.165) is 17.8 Å². The van der Waals surface area contributed by atoms with Crippen molar-refractivity contribution >= 4 is 45.9 Å². The number of anilines is 1. The van der Waals surface area contributed by atoms with Gasteiger partial charge in [0, 0.05) is 11.3 Å². The van der Waals surface area contributed by atoms with Crippen LogP contribution in [0.3, 0.4) is 0 Å². The summed E-state index contributed by atoms with van der Waals surface area (Å²) in [4.78, 5) is 24.1. The number of rotatable bonds is 3. The van der Waals surface area contributed by atoms with Crippen LogP contribution in [0.25, 0.3) is 22.0 Å². The maximum Gasteiger partial charge on any atom is 0.342 e. The van der Waals surface area contributed by atoms with Gasteiger partial charge in [-0.3, -0.25) is 4.79 Å². The minimum atomic E-state index is -1.45. The van der Waals surface area contributed by atoms with Crippen LogP contribution in [0.4, 0.5) is 14.5 Å². The lowest BCUT2D eigenvalue weighted by atomic mass is 10.0. The number of carboxylic acids is 1. The van der Waals surface area contributed by atoms with Crippen molar-refractivity contribution in [1.82, 2.24) is 4.57 Å². The van der Waals surface area contributed by atoms with E-state index in [0.29, 0.717) is 11.3 Å². The molecule has 3 aromatic rings. The smallest absolute Gasteiger partial charge is 0.342 e. The van der Waals surface area contributed by atoms with Crippen molar-refractivity contribution in [3.05, 3.63) is 57.0 Å². The number of thioether (sulfide) groups is 1. The van der Waals surface area contributed by atoms with Crippen LogP contribution in [0.5, 0.6) is 0 Å². The van der Waals surface area contributed by atoms with Gasteiger partial charge in [-0.15, -0.1) is 0 Å². The fourth-order valence-electron chi connectivity index (χ4n) is 3.20. The molecular weight excluding hydrogens is 398 g/mol. The van der Waals surface area contributed by atoms with Gasteiger partial charge in [-0.05, 0) is 23.8 Å². The standard InChI is InChI=1S/C18H11ClF2N2O3S/c19-14-12(7-1-3-8(22)4-2-7)10(21)5-9-15(14)23-11(6-20)27-17(23)13(16(9)24)18(25)26/h1-5,11H,6,22H2,(H,25,26). The number of hydrogen-bond acceptors (Lipinski definition) is 4. The fourth-order valence-corrected chi connectivity index (χ4v) is 4.70. The van der Waals surface area contributed by atoms with Gasteiger partial charge in [0.1, 0.15) is 23.4 Å². The Labute approximate surface area is 160 Å². The molecule has 1 aliphatic heterocycles. The molecule has 0 saturated heterocycles. The van der Waals surface area contributed by atoms with E-state index in [1.807, 2.05) is 0 Å². The summed E-state index contributed by atoms with van der Waals surface area (Å²) in [7, 11) is 0. The van der Waals surface area contributed by atoms with Crippen LogP contribution < -0.4 is 11.2 Å². The topological polar surface area (TPSA) is 85.3 Å². The maximum atomic E-state index is 14.8. The van der Waals surface area contributed by atoms with E-state index in [2.05, 4.69) is 0 Å². The Morgan fingerprint density at radius 2 is 2.00 bits per heavy atom. The molecule has 0 radical (unpaired) electrons. The molecule has 138 valence electrons. The molecule has 0 spiro atoms. The number of nitrogen functional groups attached to an aromatic ring is 1. The lowest BCUT2D eigenvalue weighted by molar-refractivity contribution is 0.0689. The number of pyridine rings is 1. The SMILES string of the molecule is Nc1ccc(-c2c(F)cc3c(=O)c(C(=O)O)c4n(c3c2Cl)C(CF)S4)cc1. The van der Waals surface area contributed by atoms with E-state index in [-0.39, 0.29) is 26.5 Å². The Hall–Kier alpha value is -2.58. The van der Waals surface area contributed by atoms with Gasteiger partial charge in [-0.2, -0.15) is 0 Å². The Bertz CT molecular complexity index is 1180. The molecule has 0 bridgehead atoms. The summed E-state index contributed by atoms with van der Waals surface area (Å²) >= 11 is 7.39. The summed E-state index contributed by atoms with van der Waals surface area (Å²) in [5, 5.41) is 8.46. The first-order valence-corrected chi connectivity index (χ1v) is 9.03. The van der Waals surface area contributed by atoms with E-state index in [1.165, 1.54) is 4.57 Å². The second kappa shape index (κ2) is 6.24. The number of aromatic carboxylic acids is 1. The number of fused-ring (bicyclic) bond motifs is 3. The average Bonchev–Trinajstić information content (AvgIpc) is 2.60. The van der Waals surface area contributed by atoms with Crippen molar-refractivity contribution in [2.24, 2.45) is 0 Å². The van der Waals surface area contributed by atoms with Crippen LogP contribution in [0.1, 0.15) is 15.7 Å². The zero-order valence-corrected chi connectivity index (χ0v) is 15.1. The Morgan fingerprint density at radius 3 is 2.59 bits per heavy atom. The molecule has 0 saturated carbocycles. The summed E-state index contributed by atoms with van der Waals surface area (Å²) in [5.74, 6) is -2.23. The predicted molar refractivity (Wildman–Crippen MR) is 101 cm³/mol. The highest BCUT2D eigenvalue weighted by Crippen LogP contribution is 2.49. The molecule has 1 aromatic heterocycles. The molecule has 27 heavy (non-hydrogen) atoms. The highest BCUT2D eigenvalue weighted by Gasteiger charge is 2.36. The number of nitrogens with two attached hydrogens (primary N) is 1. The third-order valence-electron chi connectivity index (χ3n) is 4.42. The summed E-state index contributed by atoms with van der Waals surface area (Å²) in [6.07, 6.45) is 0. The summed E-state index contributed by atoms with van der Waals surface area (Å²) < 4.78 is 29.5. The normalized spacial score (nSPS) is 15.4. The van der Waals surface area contributed by atoms with Gasteiger partial charge >= 0.3 is 5.97 Å².